The zero-order valence-electron chi connectivity index (χ0n) is 12.0. The Morgan fingerprint density at radius 3 is 2.90 bits per heavy atom. The van der Waals surface area contributed by atoms with Crippen molar-refractivity contribution in [3.05, 3.63) is 28.8 Å². The van der Waals surface area contributed by atoms with E-state index in [4.69, 9.17) is 17.3 Å². The van der Waals surface area contributed by atoms with Gasteiger partial charge in [0.15, 0.2) is 0 Å². The summed E-state index contributed by atoms with van der Waals surface area (Å²) in [6.45, 7) is 6.19. The van der Waals surface area contributed by atoms with E-state index in [0.29, 0.717) is 17.5 Å². The minimum absolute atomic E-state index is 0.0220. The molecule has 0 bridgehead atoms. The Labute approximate surface area is 125 Å². The van der Waals surface area contributed by atoms with Crippen LogP contribution in [0.2, 0.25) is 5.02 Å². The number of nitrogens with zero attached hydrogens (tertiary/aromatic N) is 1. The maximum atomic E-state index is 12.1. The van der Waals surface area contributed by atoms with E-state index in [1.165, 1.54) is 0 Å². The van der Waals surface area contributed by atoms with Crippen molar-refractivity contribution < 1.29 is 4.79 Å². The highest BCUT2D eigenvalue weighted by molar-refractivity contribution is 6.31. The van der Waals surface area contributed by atoms with Crippen molar-refractivity contribution in [3.8, 4) is 0 Å². The number of likely N-dealkylation sites (tertiary alicyclic amines) is 1. The van der Waals surface area contributed by atoms with Gasteiger partial charge >= 0.3 is 0 Å². The van der Waals surface area contributed by atoms with Crippen LogP contribution in [0.15, 0.2) is 18.2 Å². The first-order valence-corrected chi connectivity index (χ1v) is 7.36. The molecule has 1 aromatic rings. The van der Waals surface area contributed by atoms with Gasteiger partial charge < -0.3 is 11.1 Å². The van der Waals surface area contributed by atoms with Crippen molar-refractivity contribution >= 4 is 23.2 Å². The van der Waals surface area contributed by atoms with E-state index < -0.39 is 0 Å². The molecule has 0 radical (unpaired) electrons. The summed E-state index contributed by atoms with van der Waals surface area (Å²) in [5, 5.41) is 3.54. The molecule has 110 valence electrons. The van der Waals surface area contributed by atoms with E-state index in [9.17, 15) is 4.79 Å². The Kier molecular flexibility index (Phi) is 5.02. The van der Waals surface area contributed by atoms with Gasteiger partial charge in [-0.05, 0) is 37.0 Å². The highest BCUT2D eigenvalue weighted by Crippen LogP contribution is 2.20. The molecule has 20 heavy (non-hydrogen) atoms. The molecule has 0 aromatic heterocycles. The minimum atomic E-state index is -0.0220. The van der Waals surface area contributed by atoms with Crippen LogP contribution in [0.25, 0.3) is 0 Å². The average Bonchev–Trinajstić information content (AvgIpc) is 2.32. The van der Waals surface area contributed by atoms with Crippen LogP contribution in [0.3, 0.4) is 0 Å². The van der Waals surface area contributed by atoms with Gasteiger partial charge in [-0.3, -0.25) is 9.69 Å². The number of carbonyl (C=O) groups is 1. The predicted octanol–water partition coefficient (Wildman–Crippen LogP) is 2.26. The number of aryl methyl sites for hydroxylation is 1. The lowest BCUT2D eigenvalue weighted by Gasteiger charge is -2.34. The van der Waals surface area contributed by atoms with Gasteiger partial charge in [-0.15, -0.1) is 0 Å². The molecule has 1 aliphatic rings. The van der Waals surface area contributed by atoms with Crippen LogP contribution < -0.4 is 11.1 Å². The Hall–Kier alpha value is -1.10. The molecule has 0 spiro atoms. The number of nitrogens with one attached hydrogen (secondary N) is 1. The van der Waals surface area contributed by atoms with Crippen LogP contribution in [0, 0.1) is 12.8 Å². The Balaban J connectivity index is 1.90. The second kappa shape index (κ2) is 6.57. The first-order chi connectivity index (χ1) is 9.44. The second-order valence-electron chi connectivity index (χ2n) is 5.81. The molecule has 0 saturated carbocycles. The number of benzene rings is 1. The highest BCUT2D eigenvalue weighted by Gasteiger charge is 2.23. The van der Waals surface area contributed by atoms with Crippen LogP contribution in [-0.4, -0.2) is 36.5 Å². The SMILES string of the molecule is Cc1ccc(NC(=O)CN2CC(C)CC(N)C2)cc1Cl. The van der Waals surface area contributed by atoms with Gasteiger partial charge in [-0.2, -0.15) is 0 Å². The van der Waals surface area contributed by atoms with Crippen molar-refractivity contribution in [2.75, 3.05) is 25.0 Å². The molecule has 3 N–H and O–H groups in total. The summed E-state index contributed by atoms with van der Waals surface area (Å²) in [4.78, 5) is 14.2. The van der Waals surface area contributed by atoms with E-state index in [1.807, 2.05) is 19.1 Å². The van der Waals surface area contributed by atoms with Gasteiger partial charge in [-0.25, -0.2) is 0 Å². The standard InChI is InChI=1S/C15H22ClN3O/c1-10-5-12(17)8-19(7-10)9-15(20)18-13-4-3-11(2)14(16)6-13/h3-4,6,10,12H,5,7-9,17H2,1-2H3,(H,18,20). The van der Waals surface area contributed by atoms with E-state index in [2.05, 4.69) is 17.1 Å². The molecule has 1 fully saturated rings. The molecular formula is C15H22ClN3O. The Bertz CT molecular complexity index is 482. The first-order valence-electron chi connectivity index (χ1n) is 6.98. The zero-order valence-corrected chi connectivity index (χ0v) is 12.8. The summed E-state index contributed by atoms with van der Waals surface area (Å²) in [6.07, 6.45) is 1.03. The summed E-state index contributed by atoms with van der Waals surface area (Å²) < 4.78 is 0. The van der Waals surface area contributed by atoms with E-state index in [1.54, 1.807) is 6.07 Å². The minimum Gasteiger partial charge on any atom is -0.327 e. The monoisotopic (exact) mass is 295 g/mol. The first kappa shape index (κ1) is 15.3. The fraction of sp³-hybridized carbons (Fsp3) is 0.533. The number of amides is 1. The topological polar surface area (TPSA) is 58.4 Å². The van der Waals surface area contributed by atoms with E-state index in [0.717, 1.165) is 30.8 Å². The molecule has 2 unspecified atom stereocenters. The quantitative estimate of drug-likeness (QED) is 0.899. The van der Waals surface area contributed by atoms with Crippen LogP contribution in [0.4, 0.5) is 5.69 Å². The number of hydrogen-bond donors (Lipinski definition) is 2. The summed E-state index contributed by atoms with van der Waals surface area (Å²) in [5.41, 5.74) is 7.73. The van der Waals surface area contributed by atoms with Gasteiger partial charge in [0.25, 0.3) is 0 Å². The van der Waals surface area contributed by atoms with Gasteiger partial charge in [0.1, 0.15) is 0 Å². The summed E-state index contributed by atoms with van der Waals surface area (Å²) >= 11 is 6.05. The largest absolute Gasteiger partial charge is 0.327 e. The fourth-order valence-electron chi connectivity index (χ4n) is 2.72. The van der Waals surface area contributed by atoms with Crippen molar-refractivity contribution in [1.29, 1.82) is 0 Å². The molecular weight excluding hydrogens is 274 g/mol. The van der Waals surface area contributed by atoms with Gasteiger partial charge in [0.2, 0.25) is 5.91 Å². The Morgan fingerprint density at radius 2 is 2.25 bits per heavy atom. The second-order valence-corrected chi connectivity index (χ2v) is 6.21. The van der Waals surface area contributed by atoms with Gasteiger partial charge in [0.05, 0.1) is 6.54 Å². The van der Waals surface area contributed by atoms with Crippen LogP contribution in [0.5, 0.6) is 0 Å². The third-order valence-corrected chi connectivity index (χ3v) is 4.00. The third-order valence-electron chi connectivity index (χ3n) is 3.59. The lowest BCUT2D eigenvalue weighted by molar-refractivity contribution is -0.117. The van der Waals surface area contributed by atoms with Gasteiger partial charge in [-0.1, -0.05) is 24.6 Å². The van der Waals surface area contributed by atoms with Crippen LogP contribution in [-0.2, 0) is 4.79 Å². The summed E-state index contributed by atoms with van der Waals surface area (Å²) in [6, 6.07) is 5.71. The summed E-state index contributed by atoms with van der Waals surface area (Å²) in [7, 11) is 0. The van der Waals surface area contributed by atoms with E-state index >= 15 is 0 Å². The zero-order chi connectivity index (χ0) is 14.7. The number of anilines is 1. The number of halogens is 1. The molecule has 1 aliphatic heterocycles. The maximum Gasteiger partial charge on any atom is 0.238 e. The predicted molar refractivity (Wildman–Crippen MR) is 83.0 cm³/mol. The van der Waals surface area contributed by atoms with Crippen molar-refractivity contribution in [3.63, 3.8) is 0 Å². The number of nitrogens with two attached hydrogens (primary N) is 1. The van der Waals surface area contributed by atoms with E-state index in [-0.39, 0.29) is 11.9 Å². The third kappa shape index (κ3) is 4.20. The molecule has 2 rings (SSSR count). The molecule has 1 amide bonds. The molecule has 5 heteroatoms. The fourth-order valence-corrected chi connectivity index (χ4v) is 2.90. The van der Waals surface area contributed by atoms with Crippen molar-refractivity contribution in [1.82, 2.24) is 4.90 Å². The number of hydrogen-bond acceptors (Lipinski definition) is 3. The smallest absolute Gasteiger partial charge is 0.238 e. The maximum absolute atomic E-state index is 12.1. The molecule has 2 atom stereocenters. The van der Waals surface area contributed by atoms with Crippen LogP contribution >= 0.6 is 11.6 Å². The lowest BCUT2D eigenvalue weighted by atomic mass is 9.97. The highest BCUT2D eigenvalue weighted by atomic mass is 35.5. The van der Waals surface area contributed by atoms with Gasteiger partial charge in [0, 0.05) is 29.8 Å². The lowest BCUT2D eigenvalue weighted by Crippen LogP contribution is -2.48. The van der Waals surface area contributed by atoms with Crippen molar-refractivity contribution in [2.45, 2.75) is 26.3 Å². The molecule has 0 aliphatic carbocycles. The molecule has 1 aromatic carbocycles. The average molecular weight is 296 g/mol. The number of piperidine rings is 1. The van der Waals surface area contributed by atoms with Crippen LogP contribution in [0.1, 0.15) is 18.9 Å². The number of carbonyl (C=O) groups excluding carboxylic acids is 1. The molecule has 4 nitrogen and oxygen atoms in total. The number of rotatable bonds is 3. The molecule has 1 saturated heterocycles. The summed E-state index contributed by atoms with van der Waals surface area (Å²) in [5.74, 6) is 0.520. The van der Waals surface area contributed by atoms with Crippen molar-refractivity contribution in [2.24, 2.45) is 11.7 Å². The molecule has 1 heterocycles. The normalized spacial score (nSPS) is 23.6. The Morgan fingerprint density at radius 1 is 1.50 bits per heavy atom.